The lowest BCUT2D eigenvalue weighted by Gasteiger charge is -2.18. The van der Waals surface area contributed by atoms with Crippen molar-refractivity contribution in [1.29, 1.82) is 0 Å². The summed E-state index contributed by atoms with van der Waals surface area (Å²) in [4.78, 5) is 38.1. The molecule has 1 fully saturated rings. The van der Waals surface area contributed by atoms with Crippen molar-refractivity contribution in [2.24, 2.45) is 0 Å². The number of carbonyl (C=O) groups is 3. The largest absolute Gasteiger partial charge is 0.496 e. The summed E-state index contributed by atoms with van der Waals surface area (Å²) < 4.78 is 10.3. The number of para-hydroxylation sites is 1. The Bertz CT molecular complexity index is 896. The number of nitrogens with zero attached hydrogens (tertiary/aromatic N) is 1. The minimum atomic E-state index is -0.664. The van der Waals surface area contributed by atoms with Gasteiger partial charge in [-0.05, 0) is 36.8 Å². The molecular weight excluding hydrogens is 370 g/mol. The Morgan fingerprint density at radius 1 is 1.19 bits per heavy atom. The highest BCUT2D eigenvalue weighted by Crippen LogP contribution is 2.30. The Labute approximate surface area is 161 Å². The number of methoxy groups -OCH3 is 1. The van der Waals surface area contributed by atoms with Gasteiger partial charge in [0.15, 0.2) is 6.61 Å². The zero-order chi connectivity index (χ0) is 19.4. The fraction of sp³-hybridized carbons (Fsp3) is 0.250. The quantitative estimate of drug-likeness (QED) is 0.560. The fourth-order valence-corrected chi connectivity index (χ4v) is 3.14. The van der Waals surface area contributed by atoms with Gasteiger partial charge in [-0.3, -0.25) is 9.59 Å². The van der Waals surface area contributed by atoms with Crippen LogP contribution < -0.4 is 9.64 Å². The molecule has 1 amide bonds. The van der Waals surface area contributed by atoms with Crippen LogP contribution >= 0.6 is 11.6 Å². The zero-order valence-corrected chi connectivity index (χ0v) is 15.5. The van der Waals surface area contributed by atoms with Gasteiger partial charge in [-0.25, -0.2) is 4.79 Å². The number of benzene rings is 2. The molecule has 0 unspecified atom stereocenters. The first-order valence-electron chi connectivity index (χ1n) is 8.44. The first-order valence-corrected chi connectivity index (χ1v) is 8.82. The number of esters is 1. The van der Waals surface area contributed by atoms with Crippen molar-refractivity contribution < 1.29 is 23.9 Å². The molecule has 1 saturated heterocycles. The highest BCUT2D eigenvalue weighted by molar-refractivity contribution is 6.34. The minimum absolute atomic E-state index is 0.0335. The van der Waals surface area contributed by atoms with Crippen LogP contribution in [0.4, 0.5) is 5.69 Å². The first-order chi connectivity index (χ1) is 13.0. The Balaban J connectivity index is 1.71. The first kappa shape index (κ1) is 18.9. The highest BCUT2D eigenvalue weighted by atomic mass is 35.5. The van der Waals surface area contributed by atoms with Crippen LogP contribution in [-0.4, -0.2) is 37.9 Å². The predicted octanol–water partition coefficient (Wildman–Crippen LogP) is 3.52. The van der Waals surface area contributed by atoms with Crippen LogP contribution in [0.1, 0.15) is 33.6 Å². The molecule has 0 atom stereocenters. The van der Waals surface area contributed by atoms with Crippen molar-refractivity contribution in [1.82, 2.24) is 0 Å². The van der Waals surface area contributed by atoms with Crippen LogP contribution in [-0.2, 0) is 9.53 Å². The molecule has 0 aliphatic carbocycles. The molecule has 27 heavy (non-hydrogen) atoms. The van der Waals surface area contributed by atoms with E-state index in [0.29, 0.717) is 35.0 Å². The van der Waals surface area contributed by atoms with E-state index in [1.165, 1.54) is 19.2 Å². The van der Waals surface area contributed by atoms with Crippen LogP contribution in [0.5, 0.6) is 5.75 Å². The highest BCUT2D eigenvalue weighted by Gasteiger charge is 2.25. The van der Waals surface area contributed by atoms with Crippen molar-refractivity contribution in [3.8, 4) is 5.75 Å². The smallest absolute Gasteiger partial charge is 0.338 e. The molecule has 0 saturated carbocycles. The molecule has 2 aromatic rings. The van der Waals surface area contributed by atoms with E-state index in [1.807, 2.05) is 0 Å². The Morgan fingerprint density at radius 3 is 2.67 bits per heavy atom. The summed E-state index contributed by atoms with van der Waals surface area (Å²) in [6.45, 7) is 0.142. The number of amides is 1. The van der Waals surface area contributed by atoms with E-state index in [1.54, 1.807) is 35.2 Å². The Morgan fingerprint density at radius 2 is 1.96 bits per heavy atom. The summed E-state index contributed by atoms with van der Waals surface area (Å²) in [6, 6.07) is 11.3. The third kappa shape index (κ3) is 4.11. The second-order valence-corrected chi connectivity index (χ2v) is 6.42. The van der Waals surface area contributed by atoms with E-state index >= 15 is 0 Å². The molecule has 0 radical (unpaired) electrons. The number of hydrogen-bond acceptors (Lipinski definition) is 5. The van der Waals surface area contributed by atoms with E-state index in [9.17, 15) is 14.4 Å². The number of halogens is 1. The number of anilines is 1. The molecule has 0 bridgehead atoms. The number of ether oxygens (including phenoxy) is 2. The summed E-state index contributed by atoms with van der Waals surface area (Å²) in [5.41, 5.74) is 1.04. The van der Waals surface area contributed by atoms with Gasteiger partial charge >= 0.3 is 5.97 Å². The SMILES string of the molecule is COc1ccccc1C(=O)COC(=O)c1ccc(Cl)c(N2CCCC2=O)c1. The standard InChI is InChI=1S/C20H18ClNO5/c1-26-18-6-3-2-5-14(18)17(23)12-27-20(25)13-8-9-15(21)16(11-13)22-10-4-7-19(22)24/h2-3,5-6,8-9,11H,4,7,10,12H2,1H3. The molecule has 0 spiro atoms. The molecule has 6 nitrogen and oxygen atoms in total. The van der Waals surface area contributed by atoms with Crippen molar-refractivity contribution >= 4 is 34.9 Å². The predicted molar refractivity (Wildman–Crippen MR) is 101 cm³/mol. The Hall–Kier alpha value is -2.86. The Kier molecular flexibility index (Phi) is 5.76. The van der Waals surface area contributed by atoms with E-state index in [2.05, 4.69) is 0 Å². The maximum Gasteiger partial charge on any atom is 0.338 e. The van der Waals surface area contributed by atoms with Crippen molar-refractivity contribution in [2.75, 3.05) is 25.2 Å². The number of carbonyl (C=O) groups excluding carboxylic acids is 3. The van der Waals surface area contributed by atoms with Gasteiger partial charge < -0.3 is 14.4 Å². The van der Waals surface area contributed by atoms with Crippen LogP contribution in [0, 0.1) is 0 Å². The number of ketones is 1. The molecule has 2 aromatic carbocycles. The second kappa shape index (κ2) is 8.22. The van der Waals surface area contributed by atoms with Crippen LogP contribution in [0.2, 0.25) is 5.02 Å². The minimum Gasteiger partial charge on any atom is -0.496 e. The monoisotopic (exact) mass is 387 g/mol. The number of Topliss-reactive ketones (excluding diaryl/α,β-unsaturated/α-hetero) is 1. The molecule has 3 rings (SSSR count). The van der Waals surface area contributed by atoms with Crippen molar-refractivity contribution in [3.05, 3.63) is 58.6 Å². The summed E-state index contributed by atoms with van der Waals surface area (Å²) in [5.74, 6) is -0.652. The lowest BCUT2D eigenvalue weighted by atomic mass is 10.1. The van der Waals surface area contributed by atoms with Gasteiger partial charge in [-0.2, -0.15) is 0 Å². The summed E-state index contributed by atoms with van der Waals surface area (Å²) >= 11 is 6.17. The van der Waals surface area contributed by atoms with E-state index in [0.717, 1.165) is 6.42 Å². The third-order valence-corrected chi connectivity index (χ3v) is 4.61. The van der Waals surface area contributed by atoms with Gasteiger partial charge in [0.1, 0.15) is 5.75 Å². The van der Waals surface area contributed by atoms with E-state index in [4.69, 9.17) is 21.1 Å². The van der Waals surface area contributed by atoms with Gasteiger partial charge in [-0.15, -0.1) is 0 Å². The number of rotatable bonds is 6. The van der Waals surface area contributed by atoms with Crippen LogP contribution in [0.3, 0.4) is 0 Å². The summed E-state index contributed by atoms with van der Waals surface area (Å²) in [5, 5.41) is 0.381. The molecule has 1 heterocycles. The lowest BCUT2D eigenvalue weighted by Crippen LogP contribution is -2.24. The maximum absolute atomic E-state index is 12.3. The van der Waals surface area contributed by atoms with Gasteiger partial charge in [0.2, 0.25) is 11.7 Å². The topological polar surface area (TPSA) is 72.9 Å². The molecule has 1 aliphatic rings. The zero-order valence-electron chi connectivity index (χ0n) is 14.7. The fourth-order valence-electron chi connectivity index (χ4n) is 2.92. The third-order valence-electron chi connectivity index (χ3n) is 4.29. The maximum atomic E-state index is 12.3. The van der Waals surface area contributed by atoms with Gasteiger partial charge in [0.25, 0.3) is 0 Å². The van der Waals surface area contributed by atoms with Crippen molar-refractivity contribution in [3.63, 3.8) is 0 Å². The van der Waals surface area contributed by atoms with E-state index in [-0.39, 0.29) is 17.3 Å². The van der Waals surface area contributed by atoms with Gasteiger partial charge in [0, 0.05) is 13.0 Å². The average Bonchev–Trinajstić information content (AvgIpc) is 3.11. The van der Waals surface area contributed by atoms with Crippen LogP contribution in [0.15, 0.2) is 42.5 Å². The average molecular weight is 388 g/mol. The van der Waals surface area contributed by atoms with Crippen molar-refractivity contribution in [2.45, 2.75) is 12.8 Å². The summed E-state index contributed by atoms with van der Waals surface area (Å²) in [7, 11) is 1.47. The molecule has 140 valence electrons. The second-order valence-electron chi connectivity index (χ2n) is 6.01. The summed E-state index contributed by atoms with van der Waals surface area (Å²) in [6.07, 6.45) is 1.20. The normalized spacial score (nSPS) is 13.6. The molecule has 7 heteroatoms. The van der Waals surface area contributed by atoms with Crippen LogP contribution in [0.25, 0.3) is 0 Å². The van der Waals surface area contributed by atoms with Gasteiger partial charge in [-0.1, -0.05) is 23.7 Å². The van der Waals surface area contributed by atoms with E-state index < -0.39 is 12.6 Å². The molecular formula is C20H18ClNO5. The lowest BCUT2D eigenvalue weighted by molar-refractivity contribution is -0.117. The molecule has 0 aromatic heterocycles. The molecule has 0 N–H and O–H groups in total. The van der Waals surface area contributed by atoms with Gasteiger partial charge in [0.05, 0.1) is 28.9 Å². The number of hydrogen-bond donors (Lipinski definition) is 0. The molecule has 1 aliphatic heterocycles.